The van der Waals surface area contributed by atoms with Crippen molar-refractivity contribution in [3.05, 3.63) is 33.8 Å². The van der Waals surface area contributed by atoms with Gasteiger partial charge in [-0.3, -0.25) is 0 Å². The van der Waals surface area contributed by atoms with Gasteiger partial charge >= 0.3 is 0 Å². The van der Waals surface area contributed by atoms with Crippen molar-refractivity contribution in [3.8, 4) is 0 Å². The van der Waals surface area contributed by atoms with Crippen LogP contribution in [-0.2, 0) is 6.42 Å². The smallest absolute Gasteiger partial charge is 0.254 e. The Kier molecular flexibility index (Phi) is 6.17. The fourth-order valence-corrected chi connectivity index (χ4v) is 1.82. The summed E-state index contributed by atoms with van der Waals surface area (Å²) in [6.07, 6.45) is -1.32. The highest BCUT2D eigenvalue weighted by Gasteiger charge is 2.19. The first-order valence-corrected chi connectivity index (χ1v) is 6.25. The van der Waals surface area contributed by atoms with Gasteiger partial charge in [-0.1, -0.05) is 36.2 Å². The molecule has 0 aliphatic carbocycles. The van der Waals surface area contributed by atoms with E-state index >= 15 is 0 Å². The van der Waals surface area contributed by atoms with Crippen LogP contribution in [0, 0.1) is 0 Å². The fourth-order valence-electron chi connectivity index (χ4n) is 1.50. The van der Waals surface area contributed by atoms with Crippen LogP contribution in [0.15, 0.2) is 18.2 Å². The van der Waals surface area contributed by atoms with Crippen molar-refractivity contribution in [2.45, 2.75) is 32.2 Å². The molecule has 0 heterocycles. The Labute approximate surface area is 110 Å². The minimum atomic E-state index is -2.39. The molecule has 0 saturated heterocycles. The normalized spacial score (nSPS) is 13.1. The zero-order chi connectivity index (χ0) is 12.8. The maximum atomic E-state index is 12.8. The standard InChI is InChI=1S/C12H15Cl2F2N/c1-2-5-17-11(12(15)16)7-8-3-4-9(13)10(14)6-8/h3-4,6,11-12,17H,2,5,7H2,1H3. The summed E-state index contributed by atoms with van der Waals surface area (Å²) in [6.45, 7) is 2.52. The Hall–Kier alpha value is -0.380. The summed E-state index contributed by atoms with van der Waals surface area (Å²) in [5.74, 6) is 0. The van der Waals surface area contributed by atoms with E-state index in [9.17, 15) is 8.78 Å². The third kappa shape index (κ3) is 4.78. The Balaban J connectivity index is 2.68. The molecule has 1 rings (SSSR count). The number of rotatable bonds is 6. The third-order valence-electron chi connectivity index (χ3n) is 2.40. The molecular weight excluding hydrogens is 267 g/mol. The molecule has 1 aromatic rings. The molecule has 17 heavy (non-hydrogen) atoms. The summed E-state index contributed by atoms with van der Waals surface area (Å²) in [5.41, 5.74) is 0.758. The van der Waals surface area contributed by atoms with Crippen molar-refractivity contribution < 1.29 is 8.78 Å². The van der Waals surface area contributed by atoms with Crippen molar-refractivity contribution in [2.75, 3.05) is 6.54 Å². The van der Waals surface area contributed by atoms with Gasteiger partial charge in [0.1, 0.15) is 0 Å². The number of hydrogen-bond donors (Lipinski definition) is 1. The molecule has 1 unspecified atom stereocenters. The summed E-state index contributed by atoms with van der Waals surface area (Å²) >= 11 is 11.6. The molecule has 0 amide bonds. The van der Waals surface area contributed by atoms with E-state index in [1.165, 1.54) is 0 Å². The molecule has 0 saturated carbocycles. The van der Waals surface area contributed by atoms with Crippen molar-refractivity contribution >= 4 is 23.2 Å². The lowest BCUT2D eigenvalue weighted by Crippen LogP contribution is -2.37. The summed E-state index contributed by atoms with van der Waals surface area (Å²) in [4.78, 5) is 0. The second-order valence-corrected chi connectivity index (χ2v) is 4.66. The minimum Gasteiger partial charge on any atom is -0.309 e. The van der Waals surface area contributed by atoms with Crippen LogP contribution < -0.4 is 5.32 Å². The molecule has 0 aromatic heterocycles. The predicted molar refractivity (Wildman–Crippen MR) is 68.3 cm³/mol. The first kappa shape index (κ1) is 14.7. The zero-order valence-electron chi connectivity index (χ0n) is 9.52. The molecule has 1 N–H and O–H groups in total. The average molecular weight is 282 g/mol. The Morgan fingerprint density at radius 1 is 1.24 bits per heavy atom. The predicted octanol–water partition coefficient (Wildman–Crippen LogP) is 4.17. The van der Waals surface area contributed by atoms with Gasteiger partial charge < -0.3 is 5.32 Å². The Morgan fingerprint density at radius 2 is 1.94 bits per heavy atom. The van der Waals surface area contributed by atoms with Crippen molar-refractivity contribution in [1.82, 2.24) is 5.32 Å². The lowest BCUT2D eigenvalue weighted by Gasteiger charge is -2.17. The molecule has 0 aliphatic heterocycles. The number of halogens is 4. The molecule has 96 valence electrons. The van der Waals surface area contributed by atoms with E-state index in [0.717, 1.165) is 12.0 Å². The highest BCUT2D eigenvalue weighted by atomic mass is 35.5. The average Bonchev–Trinajstić information content (AvgIpc) is 2.28. The number of hydrogen-bond acceptors (Lipinski definition) is 1. The summed E-state index contributed by atoms with van der Waals surface area (Å²) in [6, 6.07) is 4.14. The van der Waals surface area contributed by atoms with Gasteiger partial charge in [0, 0.05) is 0 Å². The minimum absolute atomic E-state index is 0.245. The van der Waals surface area contributed by atoms with E-state index in [4.69, 9.17) is 23.2 Å². The summed E-state index contributed by atoms with van der Waals surface area (Å²) in [5, 5.41) is 3.66. The third-order valence-corrected chi connectivity index (χ3v) is 3.14. The molecule has 1 atom stereocenters. The number of benzene rings is 1. The van der Waals surface area contributed by atoms with Crippen LogP contribution in [0.2, 0.25) is 10.0 Å². The lowest BCUT2D eigenvalue weighted by molar-refractivity contribution is 0.0983. The lowest BCUT2D eigenvalue weighted by atomic mass is 10.1. The van der Waals surface area contributed by atoms with E-state index in [0.29, 0.717) is 16.6 Å². The quantitative estimate of drug-likeness (QED) is 0.825. The molecular formula is C12H15Cl2F2N. The van der Waals surface area contributed by atoms with Crippen LogP contribution in [0.25, 0.3) is 0 Å². The van der Waals surface area contributed by atoms with E-state index in [1.54, 1.807) is 18.2 Å². The van der Waals surface area contributed by atoms with E-state index in [1.807, 2.05) is 6.92 Å². The van der Waals surface area contributed by atoms with Crippen LogP contribution in [0.1, 0.15) is 18.9 Å². The van der Waals surface area contributed by atoms with Crippen LogP contribution in [0.4, 0.5) is 8.78 Å². The van der Waals surface area contributed by atoms with Crippen molar-refractivity contribution in [2.24, 2.45) is 0 Å². The largest absolute Gasteiger partial charge is 0.309 e. The highest BCUT2D eigenvalue weighted by Crippen LogP contribution is 2.23. The molecule has 0 radical (unpaired) electrons. The van der Waals surface area contributed by atoms with Gasteiger partial charge in [-0.15, -0.1) is 0 Å². The van der Waals surface area contributed by atoms with Crippen LogP contribution in [0.3, 0.4) is 0 Å². The second-order valence-electron chi connectivity index (χ2n) is 3.85. The van der Waals surface area contributed by atoms with Gasteiger partial charge in [-0.05, 0) is 37.1 Å². The molecule has 1 nitrogen and oxygen atoms in total. The topological polar surface area (TPSA) is 12.0 Å². The summed E-state index contributed by atoms with van der Waals surface area (Å²) < 4.78 is 25.5. The van der Waals surface area contributed by atoms with Crippen molar-refractivity contribution in [1.29, 1.82) is 0 Å². The Bertz CT molecular complexity index is 358. The van der Waals surface area contributed by atoms with E-state index in [-0.39, 0.29) is 6.42 Å². The monoisotopic (exact) mass is 281 g/mol. The Morgan fingerprint density at radius 3 is 2.47 bits per heavy atom. The number of alkyl halides is 2. The zero-order valence-corrected chi connectivity index (χ0v) is 11.0. The second kappa shape index (κ2) is 7.14. The number of nitrogens with one attached hydrogen (secondary N) is 1. The van der Waals surface area contributed by atoms with Gasteiger partial charge in [-0.2, -0.15) is 0 Å². The molecule has 0 bridgehead atoms. The first-order valence-electron chi connectivity index (χ1n) is 5.50. The van der Waals surface area contributed by atoms with Crippen LogP contribution >= 0.6 is 23.2 Å². The van der Waals surface area contributed by atoms with Crippen molar-refractivity contribution in [3.63, 3.8) is 0 Å². The first-order chi connectivity index (χ1) is 8.04. The molecule has 0 spiro atoms. The van der Waals surface area contributed by atoms with E-state index in [2.05, 4.69) is 5.32 Å². The molecule has 5 heteroatoms. The molecule has 1 aromatic carbocycles. The SMILES string of the molecule is CCCNC(Cc1ccc(Cl)c(Cl)c1)C(F)F. The van der Waals surface area contributed by atoms with Gasteiger partial charge in [0.2, 0.25) is 0 Å². The maximum absolute atomic E-state index is 12.8. The van der Waals surface area contributed by atoms with E-state index < -0.39 is 12.5 Å². The molecule has 0 aliphatic rings. The fraction of sp³-hybridized carbons (Fsp3) is 0.500. The van der Waals surface area contributed by atoms with Gasteiger partial charge in [-0.25, -0.2) is 8.78 Å². The molecule has 0 fully saturated rings. The maximum Gasteiger partial charge on any atom is 0.254 e. The van der Waals surface area contributed by atoms with Gasteiger partial charge in [0.05, 0.1) is 16.1 Å². The van der Waals surface area contributed by atoms with Crippen LogP contribution in [0.5, 0.6) is 0 Å². The highest BCUT2D eigenvalue weighted by molar-refractivity contribution is 6.42. The van der Waals surface area contributed by atoms with Gasteiger partial charge in [0.25, 0.3) is 6.43 Å². The summed E-state index contributed by atoms with van der Waals surface area (Å²) in [7, 11) is 0. The van der Waals surface area contributed by atoms with Crippen LogP contribution in [-0.4, -0.2) is 19.0 Å². The van der Waals surface area contributed by atoms with Gasteiger partial charge in [0.15, 0.2) is 0 Å².